The van der Waals surface area contributed by atoms with E-state index in [0.29, 0.717) is 12.5 Å². The third-order valence-electron chi connectivity index (χ3n) is 2.51. The van der Waals surface area contributed by atoms with Gasteiger partial charge in [0, 0.05) is 6.54 Å². The van der Waals surface area contributed by atoms with Crippen LogP contribution in [0.15, 0.2) is 4.99 Å². The lowest BCUT2D eigenvalue weighted by Gasteiger charge is -2.25. The van der Waals surface area contributed by atoms with Gasteiger partial charge in [-0.15, -0.1) is 0 Å². The highest BCUT2D eigenvalue weighted by Crippen LogP contribution is 2.24. The fraction of sp³-hybridized carbons (Fsp3) is 0.889. The number of aliphatic imine (C=N–C) groups is 1. The molecule has 1 aliphatic carbocycles. The van der Waals surface area contributed by atoms with Gasteiger partial charge >= 0.3 is 0 Å². The van der Waals surface area contributed by atoms with Crippen molar-refractivity contribution in [3.05, 3.63) is 0 Å². The quantitative estimate of drug-likeness (QED) is 0.462. The minimum Gasteiger partial charge on any atom is -0.390 e. The molecule has 0 radical (unpaired) electrons. The monoisotopic (exact) mass is 221 g/mol. The molecule has 88 valence electrons. The van der Waals surface area contributed by atoms with E-state index in [-0.39, 0.29) is 5.96 Å². The van der Waals surface area contributed by atoms with Crippen LogP contribution in [0.4, 0.5) is 8.78 Å². The highest BCUT2D eigenvalue weighted by atomic mass is 19.3. The molecule has 0 unspecified atom stereocenters. The zero-order valence-corrected chi connectivity index (χ0v) is 8.55. The molecule has 0 saturated heterocycles. The maximum absolute atomic E-state index is 12.5. The number of guanidine groups is 1. The van der Waals surface area contributed by atoms with E-state index in [9.17, 15) is 8.78 Å². The number of alkyl halides is 2. The van der Waals surface area contributed by atoms with Gasteiger partial charge in [-0.2, -0.15) is 0 Å². The average molecular weight is 221 g/mol. The van der Waals surface area contributed by atoms with E-state index in [4.69, 9.17) is 10.8 Å². The summed E-state index contributed by atoms with van der Waals surface area (Å²) >= 11 is 0. The highest BCUT2D eigenvalue weighted by Gasteiger charge is 2.27. The molecular formula is C9H17F2N3O. The fourth-order valence-corrected chi connectivity index (χ4v) is 1.25. The normalized spacial score (nSPS) is 18.7. The van der Waals surface area contributed by atoms with Gasteiger partial charge in [-0.3, -0.25) is 0 Å². The molecule has 0 amide bonds. The first-order valence-corrected chi connectivity index (χ1v) is 5.06. The number of hydrogen-bond acceptors (Lipinski definition) is 2. The Hall–Kier alpha value is -0.910. The largest absolute Gasteiger partial charge is 0.390 e. The number of rotatable bonds is 5. The van der Waals surface area contributed by atoms with Crippen molar-refractivity contribution in [2.45, 2.75) is 25.2 Å². The molecule has 0 heterocycles. The van der Waals surface area contributed by atoms with E-state index in [0.717, 1.165) is 12.8 Å². The number of nitrogens with one attached hydrogen (secondary N) is 1. The summed E-state index contributed by atoms with van der Waals surface area (Å²) in [6.45, 7) is -1.28. The molecule has 4 nitrogen and oxygen atoms in total. The first kappa shape index (κ1) is 12.2. The summed E-state index contributed by atoms with van der Waals surface area (Å²) in [6.07, 6.45) is 3.55. The lowest BCUT2D eigenvalue weighted by atomic mass is 9.85. The van der Waals surface area contributed by atoms with Crippen LogP contribution in [0.2, 0.25) is 0 Å². The molecule has 0 aromatic carbocycles. The van der Waals surface area contributed by atoms with E-state index < -0.39 is 19.1 Å². The third kappa shape index (κ3) is 4.42. The van der Waals surface area contributed by atoms with Gasteiger partial charge in [0.15, 0.2) is 5.96 Å². The van der Waals surface area contributed by atoms with E-state index in [2.05, 4.69) is 10.3 Å². The van der Waals surface area contributed by atoms with Gasteiger partial charge in [-0.1, -0.05) is 6.42 Å². The fourth-order valence-electron chi connectivity index (χ4n) is 1.25. The molecule has 1 aliphatic rings. The summed E-state index contributed by atoms with van der Waals surface area (Å²) in [7, 11) is 0. The van der Waals surface area contributed by atoms with Crippen molar-refractivity contribution in [2.75, 3.05) is 19.7 Å². The van der Waals surface area contributed by atoms with Crippen molar-refractivity contribution in [1.82, 2.24) is 5.32 Å². The molecule has 1 fully saturated rings. The van der Waals surface area contributed by atoms with Gasteiger partial charge in [0.2, 0.25) is 0 Å². The molecule has 0 atom stereocenters. The number of aliphatic hydroxyl groups excluding tert-OH is 1. The summed E-state index contributed by atoms with van der Waals surface area (Å²) in [5, 5.41) is 11.1. The Morgan fingerprint density at radius 1 is 1.53 bits per heavy atom. The Morgan fingerprint density at radius 3 is 2.67 bits per heavy atom. The second-order valence-electron chi connectivity index (χ2n) is 3.89. The highest BCUT2D eigenvalue weighted by molar-refractivity contribution is 5.77. The molecule has 0 aromatic heterocycles. The average Bonchev–Trinajstić information content (AvgIpc) is 2.13. The molecule has 4 N–H and O–H groups in total. The Kier molecular flexibility index (Phi) is 4.26. The Balaban J connectivity index is 2.19. The zero-order valence-electron chi connectivity index (χ0n) is 8.55. The van der Waals surface area contributed by atoms with Gasteiger partial charge in [0.1, 0.15) is 13.2 Å². The summed E-state index contributed by atoms with van der Waals surface area (Å²) in [4.78, 5) is 3.47. The summed E-state index contributed by atoms with van der Waals surface area (Å²) in [6, 6.07) is 0. The van der Waals surface area contributed by atoms with Crippen LogP contribution in [0, 0.1) is 5.92 Å². The van der Waals surface area contributed by atoms with Crippen molar-refractivity contribution in [1.29, 1.82) is 0 Å². The first-order valence-electron chi connectivity index (χ1n) is 5.06. The van der Waals surface area contributed by atoms with Gasteiger partial charge in [-0.25, -0.2) is 13.8 Å². The lowest BCUT2D eigenvalue weighted by Crippen LogP contribution is -2.38. The van der Waals surface area contributed by atoms with Crippen molar-refractivity contribution in [3.63, 3.8) is 0 Å². The van der Waals surface area contributed by atoms with Crippen molar-refractivity contribution in [3.8, 4) is 0 Å². The van der Waals surface area contributed by atoms with Gasteiger partial charge < -0.3 is 16.2 Å². The number of hydrogen-bond donors (Lipinski definition) is 3. The van der Waals surface area contributed by atoms with Crippen LogP contribution in [-0.4, -0.2) is 36.7 Å². The van der Waals surface area contributed by atoms with Crippen molar-refractivity contribution < 1.29 is 13.9 Å². The molecule has 0 aromatic rings. The molecular weight excluding hydrogens is 204 g/mol. The first-order chi connectivity index (χ1) is 7.03. The van der Waals surface area contributed by atoms with E-state index in [1.165, 1.54) is 6.42 Å². The minimum atomic E-state index is -3.18. The van der Waals surface area contributed by atoms with Gasteiger partial charge in [0.25, 0.3) is 5.92 Å². The van der Waals surface area contributed by atoms with E-state index in [1.807, 2.05) is 0 Å². The molecule has 15 heavy (non-hydrogen) atoms. The smallest absolute Gasteiger partial charge is 0.289 e. The standard InChI is InChI=1S/C9H17F2N3O/c10-9(11,6-15)5-14-8(12)13-4-7-2-1-3-7/h7,15H,1-6H2,(H3,12,13,14). The molecule has 0 bridgehead atoms. The number of halogens is 2. The van der Waals surface area contributed by atoms with Crippen LogP contribution in [-0.2, 0) is 0 Å². The van der Waals surface area contributed by atoms with E-state index in [1.54, 1.807) is 0 Å². The lowest BCUT2D eigenvalue weighted by molar-refractivity contribution is -0.0404. The topological polar surface area (TPSA) is 70.6 Å². The number of aliphatic hydroxyl groups is 1. The molecule has 1 rings (SSSR count). The molecule has 1 saturated carbocycles. The van der Waals surface area contributed by atoms with Crippen LogP contribution in [0.1, 0.15) is 19.3 Å². The van der Waals surface area contributed by atoms with Crippen molar-refractivity contribution in [2.24, 2.45) is 16.6 Å². The van der Waals surface area contributed by atoms with Gasteiger partial charge in [-0.05, 0) is 18.8 Å². The third-order valence-corrected chi connectivity index (χ3v) is 2.51. The molecule has 0 aliphatic heterocycles. The van der Waals surface area contributed by atoms with Crippen LogP contribution in [0.3, 0.4) is 0 Å². The number of nitrogens with zero attached hydrogens (tertiary/aromatic N) is 1. The maximum atomic E-state index is 12.5. The predicted molar refractivity (Wildman–Crippen MR) is 53.9 cm³/mol. The summed E-state index contributed by atoms with van der Waals surface area (Å²) < 4.78 is 25.1. The number of nitrogens with two attached hydrogens (primary N) is 1. The van der Waals surface area contributed by atoms with Gasteiger partial charge in [0.05, 0.1) is 0 Å². The minimum absolute atomic E-state index is 0.0232. The molecule has 6 heteroatoms. The van der Waals surface area contributed by atoms with Crippen LogP contribution < -0.4 is 11.1 Å². The van der Waals surface area contributed by atoms with E-state index >= 15 is 0 Å². The zero-order chi connectivity index (χ0) is 11.3. The van der Waals surface area contributed by atoms with Crippen LogP contribution in [0.5, 0.6) is 0 Å². The van der Waals surface area contributed by atoms with Crippen molar-refractivity contribution >= 4 is 5.96 Å². The Bertz CT molecular complexity index is 229. The Labute approximate surface area is 87.6 Å². The van der Waals surface area contributed by atoms with Crippen LogP contribution in [0.25, 0.3) is 0 Å². The molecule has 0 spiro atoms. The Morgan fingerprint density at radius 2 is 2.20 bits per heavy atom. The maximum Gasteiger partial charge on any atom is 0.289 e. The SMILES string of the molecule is NC(=NCC(F)(F)CO)NCC1CCC1. The summed E-state index contributed by atoms with van der Waals surface area (Å²) in [5.41, 5.74) is 5.39. The summed E-state index contributed by atoms with van der Waals surface area (Å²) in [5.74, 6) is -2.56. The second kappa shape index (κ2) is 5.25. The second-order valence-corrected chi connectivity index (χ2v) is 3.89. The predicted octanol–water partition coefficient (Wildman–Crippen LogP) is 0.318. The van der Waals surface area contributed by atoms with Crippen LogP contribution >= 0.6 is 0 Å².